The molecule has 8 heavy (non-hydrogen) atoms. The molecule has 48 valence electrons. The van der Waals surface area contributed by atoms with Gasteiger partial charge >= 0.3 is 0 Å². The average molecular weight is 131 g/mol. The van der Waals surface area contributed by atoms with Crippen LogP contribution in [0.2, 0.25) is 0 Å². The van der Waals surface area contributed by atoms with Crippen molar-refractivity contribution in [2.45, 2.75) is 24.5 Å². The van der Waals surface area contributed by atoms with Gasteiger partial charge in [0.1, 0.15) is 0 Å². The minimum Gasteiger partial charge on any atom is -0.330 e. The van der Waals surface area contributed by atoms with E-state index in [1.54, 1.807) is 0 Å². The molecule has 0 aromatic carbocycles. The first-order valence-corrected chi connectivity index (χ1v) is 4.30. The van der Waals surface area contributed by atoms with Gasteiger partial charge in [-0.1, -0.05) is 0 Å². The van der Waals surface area contributed by atoms with Crippen LogP contribution in [0.15, 0.2) is 0 Å². The van der Waals surface area contributed by atoms with Gasteiger partial charge in [0.25, 0.3) is 0 Å². The van der Waals surface area contributed by atoms with Gasteiger partial charge in [0, 0.05) is 5.25 Å². The summed E-state index contributed by atoms with van der Waals surface area (Å²) >= 11 is 2.09. The highest BCUT2D eigenvalue weighted by Gasteiger charge is 2.13. The zero-order valence-corrected chi connectivity index (χ0v) is 5.91. The monoisotopic (exact) mass is 131 g/mol. The van der Waals surface area contributed by atoms with E-state index in [1.165, 1.54) is 25.0 Å². The topological polar surface area (TPSA) is 26.0 Å². The molecule has 0 aliphatic carbocycles. The molecule has 1 heterocycles. The van der Waals surface area contributed by atoms with Crippen molar-refractivity contribution >= 4 is 11.8 Å². The molecule has 0 aromatic rings. The second-order valence-electron chi connectivity index (χ2n) is 2.21. The summed E-state index contributed by atoms with van der Waals surface area (Å²) in [4.78, 5) is 0. The highest BCUT2D eigenvalue weighted by atomic mass is 32.2. The molecule has 0 aromatic heterocycles. The quantitative estimate of drug-likeness (QED) is 0.610. The highest BCUT2D eigenvalue weighted by Crippen LogP contribution is 2.27. The van der Waals surface area contributed by atoms with E-state index in [2.05, 4.69) is 11.8 Å². The zero-order valence-electron chi connectivity index (χ0n) is 5.10. The maximum Gasteiger partial charge on any atom is 0.00593 e. The first kappa shape index (κ1) is 6.43. The van der Waals surface area contributed by atoms with Crippen LogP contribution in [0.25, 0.3) is 0 Å². The summed E-state index contributed by atoms with van der Waals surface area (Å²) in [7, 11) is 0. The number of hydrogen-bond donors (Lipinski definition) is 1. The van der Waals surface area contributed by atoms with E-state index in [4.69, 9.17) is 5.73 Å². The van der Waals surface area contributed by atoms with Crippen molar-refractivity contribution in [1.82, 2.24) is 0 Å². The zero-order chi connectivity index (χ0) is 5.82. The van der Waals surface area contributed by atoms with Crippen molar-refractivity contribution in [1.29, 1.82) is 0 Å². The molecular formula is C6H13NS. The Hall–Kier alpha value is 0.310. The Kier molecular flexibility index (Phi) is 2.70. The molecule has 0 saturated carbocycles. The van der Waals surface area contributed by atoms with Crippen LogP contribution in [-0.2, 0) is 0 Å². The van der Waals surface area contributed by atoms with Crippen LogP contribution in [0.4, 0.5) is 0 Å². The van der Waals surface area contributed by atoms with Crippen molar-refractivity contribution in [3.8, 4) is 0 Å². The number of rotatable bonds is 2. The maximum absolute atomic E-state index is 5.40. The van der Waals surface area contributed by atoms with E-state index >= 15 is 0 Å². The van der Waals surface area contributed by atoms with Gasteiger partial charge in [-0.05, 0) is 31.6 Å². The smallest absolute Gasteiger partial charge is 0.00593 e. The lowest BCUT2D eigenvalue weighted by Crippen LogP contribution is -2.06. The molecule has 1 nitrogen and oxygen atoms in total. The third kappa shape index (κ3) is 1.67. The summed E-state index contributed by atoms with van der Waals surface area (Å²) in [6.07, 6.45) is 4.04. The van der Waals surface area contributed by atoms with Crippen molar-refractivity contribution in [3.63, 3.8) is 0 Å². The van der Waals surface area contributed by atoms with Crippen LogP contribution in [0, 0.1) is 0 Å². The molecule has 0 amide bonds. The molecule has 0 spiro atoms. The average Bonchev–Trinajstić information content (AvgIpc) is 2.19. The van der Waals surface area contributed by atoms with E-state index in [0.717, 1.165) is 11.8 Å². The molecule has 1 aliphatic heterocycles. The fraction of sp³-hybridized carbons (Fsp3) is 1.00. The maximum atomic E-state index is 5.40. The second kappa shape index (κ2) is 3.36. The van der Waals surface area contributed by atoms with E-state index < -0.39 is 0 Å². The van der Waals surface area contributed by atoms with E-state index in [0.29, 0.717) is 0 Å². The van der Waals surface area contributed by atoms with Gasteiger partial charge in [0.2, 0.25) is 0 Å². The minimum atomic E-state index is 0.873. The minimum absolute atomic E-state index is 0.873. The highest BCUT2D eigenvalue weighted by molar-refractivity contribution is 8.00. The Bertz CT molecular complexity index is 59.5. The van der Waals surface area contributed by atoms with E-state index in [1.807, 2.05) is 0 Å². The molecule has 0 bridgehead atoms. The Morgan fingerprint density at radius 3 is 3.00 bits per heavy atom. The summed E-state index contributed by atoms with van der Waals surface area (Å²) in [5.41, 5.74) is 5.40. The predicted molar refractivity (Wildman–Crippen MR) is 39.2 cm³/mol. The predicted octanol–water partition coefficient (Wildman–Crippen LogP) is 1.23. The van der Waals surface area contributed by atoms with Crippen molar-refractivity contribution in [2.75, 3.05) is 12.3 Å². The fourth-order valence-corrected chi connectivity index (χ4v) is 2.36. The standard InChI is InChI=1S/C6H13NS/c7-4-3-6-2-1-5-8-6/h6H,1-5,7H2/t6-/m1/s1. The van der Waals surface area contributed by atoms with Crippen LogP contribution in [0.1, 0.15) is 19.3 Å². The van der Waals surface area contributed by atoms with E-state index in [-0.39, 0.29) is 0 Å². The summed E-state index contributed by atoms with van der Waals surface area (Å²) in [6.45, 7) is 0.873. The molecule has 0 unspecified atom stereocenters. The van der Waals surface area contributed by atoms with Gasteiger partial charge in [0.15, 0.2) is 0 Å². The Morgan fingerprint density at radius 1 is 1.62 bits per heavy atom. The third-order valence-electron chi connectivity index (χ3n) is 1.51. The molecule has 2 heteroatoms. The fourth-order valence-electron chi connectivity index (χ4n) is 1.06. The van der Waals surface area contributed by atoms with Gasteiger partial charge in [-0.3, -0.25) is 0 Å². The summed E-state index contributed by atoms with van der Waals surface area (Å²) < 4.78 is 0. The molecule has 1 saturated heterocycles. The van der Waals surface area contributed by atoms with Crippen LogP contribution in [-0.4, -0.2) is 17.5 Å². The van der Waals surface area contributed by atoms with Gasteiger partial charge < -0.3 is 5.73 Å². The Balaban J connectivity index is 2.06. The second-order valence-corrected chi connectivity index (χ2v) is 3.62. The first-order chi connectivity index (χ1) is 3.93. The van der Waals surface area contributed by atoms with Gasteiger partial charge in [-0.2, -0.15) is 11.8 Å². The van der Waals surface area contributed by atoms with Gasteiger partial charge in [-0.15, -0.1) is 0 Å². The van der Waals surface area contributed by atoms with E-state index in [9.17, 15) is 0 Å². The molecule has 2 N–H and O–H groups in total. The first-order valence-electron chi connectivity index (χ1n) is 3.25. The lowest BCUT2D eigenvalue weighted by Gasteiger charge is -2.02. The molecule has 1 rings (SSSR count). The number of nitrogens with two attached hydrogens (primary N) is 1. The van der Waals surface area contributed by atoms with Crippen molar-refractivity contribution < 1.29 is 0 Å². The lowest BCUT2D eigenvalue weighted by molar-refractivity contribution is 0.724. The Labute approximate surface area is 55.0 Å². The molecular weight excluding hydrogens is 118 g/mol. The summed E-state index contributed by atoms with van der Waals surface area (Å²) in [5, 5.41) is 0.903. The number of hydrogen-bond acceptors (Lipinski definition) is 2. The molecule has 1 fully saturated rings. The SMILES string of the molecule is NCC[C@H]1CCCS1. The summed E-state index contributed by atoms with van der Waals surface area (Å²) in [6, 6.07) is 0. The van der Waals surface area contributed by atoms with Crippen molar-refractivity contribution in [3.05, 3.63) is 0 Å². The molecule has 0 radical (unpaired) electrons. The van der Waals surface area contributed by atoms with Gasteiger partial charge in [0.05, 0.1) is 0 Å². The van der Waals surface area contributed by atoms with Gasteiger partial charge in [-0.25, -0.2) is 0 Å². The van der Waals surface area contributed by atoms with Crippen molar-refractivity contribution in [2.24, 2.45) is 5.73 Å². The molecule has 1 atom stereocenters. The number of thioether (sulfide) groups is 1. The normalized spacial score (nSPS) is 28.9. The Morgan fingerprint density at radius 2 is 2.50 bits per heavy atom. The third-order valence-corrected chi connectivity index (χ3v) is 2.98. The molecule has 1 aliphatic rings. The summed E-state index contributed by atoms with van der Waals surface area (Å²) in [5.74, 6) is 1.37. The largest absolute Gasteiger partial charge is 0.330 e. The van der Waals surface area contributed by atoms with Crippen LogP contribution >= 0.6 is 11.8 Å². The van der Waals surface area contributed by atoms with Crippen LogP contribution < -0.4 is 5.73 Å². The van der Waals surface area contributed by atoms with Crippen LogP contribution in [0.5, 0.6) is 0 Å². The lowest BCUT2D eigenvalue weighted by atomic mass is 10.2. The van der Waals surface area contributed by atoms with Crippen LogP contribution in [0.3, 0.4) is 0 Å².